The van der Waals surface area contributed by atoms with Gasteiger partial charge < -0.3 is 9.84 Å². The molecular weight excluding hydrogens is 249 g/mol. The second kappa shape index (κ2) is 5.07. The van der Waals surface area contributed by atoms with Gasteiger partial charge in [0.2, 0.25) is 0 Å². The normalized spacial score (nSPS) is 10.6. The molecule has 0 spiro atoms. The largest absolute Gasteiger partial charge is 0.478 e. The van der Waals surface area contributed by atoms with Crippen molar-refractivity contribution in [3.05, 3.63) is 29.1 Å². The second-order valence-corrected chi connectivity index (χ2v) is 3.02. The molecule has 1 aromatic rings. The van der Waals surface area contributed by atoms with Crippen molar-refractivity contribution >= 4 is 17.6 Å². The Bertz CT molecular complexity index is 409. The zero-order chi connectivity index (χ0) is 12.3. The number of ether oxygens (including phenoxy) is 1. The first-order valence-corrected chi connectivity index (χ1v) is 4.55. The molecule has 0 heterocycles. The highest BCUT2D eigenvalue weighted by Gasteiger charge is 2.17. The van der Waals surface area contributed by atoms with E-state index in [-0.39, 0.29) is 17.0 Å². The van der Waals surface area contributed by atoms with Crippen molar-refractivity contribution in [3.63, 3.8) is 0 Å². The molecule has 0 amide bonds. The van der Waals surface area contributed by atoms with Crippen LogP contribution >= 0.6 is 11.6 Å². The fourth-order valence-corrected chi connectivity index (χ4v) is 1.31. The summed E-state index contributed by atoms with van der Waals surface area (Å²) in [6.45, 7) is -3.22. The molecule has 0 unspecified atom stereocenters. The number of alkyl halides is 3. The first kappa shape index (κ1) is 12.6. The molecule has 0 fully saturated rings. The summed E-state index contributed by atoms with van der Waals surface area (Å²) in [5.74, 6) is -3.54. The first-order valence-electron chi connectivity index (χ1n) is 4.02. The maximum Gasteiger partial charge on any atom is 0.387 e. The summed E-state index contributed by atoms with van der Waals surface area (Å²) in [5.41, 5.74) is -0.375. The van der Waals surface area contributed by atoms with Crippen LogP contribution in [0, 0.1) is 5.82 Å². The SMILES string of the molecule is O=C(O)c1cc(OC(F)F)c(F)cc1CCl. The number of aromatic carboxylic acids is 1. The Hall–Kier alpha value is -1.43. The molecule has 0 saturated heterocycles. The van der Waals surface area contributed by atoms with E-state index in [9.17, 15) is 18.0 Å². The van der Waals surface area contributed by atoms with E-state index >= 15 is 0 Å². The Balaban J connectivity index is 3.22. The van der Waals surface area contributed by atoms with E-state index < -0.39 is 24.1 Å². The third-order valence-corrected chi connectivity index (χ3v) is 2.04. The Morgan fingerprint density at radius 3 is 2.56 bits per heavy atom. The van der Waals surface area contributed by atoms with Gasteiger partial charge in [0.15, 0.2) is 11.6 Å². The molecule has 0 radical (unpaired) electrons. The van der Waals surface area contributed by atoms with Crippen LogP contribution in [-0.2, 0) is 5.88 Å². The van der Waals surface area contributed by atoms with E-state index in [1.165, 1.54) is 0 Å². The summed E-state index contributed by atoms with van der Waals surface area (Å²) < 4.78 is 40.7. The van der Waals surface area contributed by atoms with Gasteiger partial charge in [0.25, 0.3) is 0 Å². The minimum atomic E-state index is -3.22. The second-order valence-electron chi connectivity index (χ2n) is 2.76. The average Bonchev–Trinajstić information content (AvgIpc) is 2.19. The van der Waals surface area contributed by atoms with E-state index in [2.05, 4.69) is 4.74 Å². The molecular formula is C9H6ClF3O3. The van der Waals surface area contributed by atoms with Crippen LogP contribution in [0.25, 0.3) is 0 Å². The Labute approximate surface area is 93.4 Å². The minimum Gasteiger partial charge on any atom is -0.478 e. The number of carboxylic acids is 1. The molecule has 0 aliphatic rings. The Kier molecular flexibility index (Phi) is 4.00. The maximum atomic E-state index is 13.1. The maximum absolute atomic E-state index is 13.1. The highest BCUT2D eigenvalue weighted by molar-refractivity contribution is 6.17. The summed E-state index contributed by atoms with van der Waals surface area (Å²) in [6, 6.07) is 1.44. The van der Waals surface area contributed by atoms with Gasteiger partial charge in [-0.2, -0.15) is 8.78 Å². The highest BCUT2D eigenvalue weighted by atomic mass is 35.5. The molecule has 1 aromatic carbocycles. The minimum absolute atomic E-state index is 0.00622. The van der Waals surface area contributed by atoms with Gasteiger partial charge >= 0.3 is 12.6 Å². The van der Waals surface area contributed by atoms with E-state index in [0.29, 0.717) is 6.07 Å². The lowest BCUT2D eigenvalue weighted by Crippen LogP contribution is -2.08. The molecule has 16 heavy (non-hydrogen) atoms. The molecule has 0 saturated carbocycles. The fraction of sp³-hybridized carbons (Fsp3) is 0.222. The van der Waals surface area contributed by atoms with Crippen LogP contribution in [0.3, 0.4) is 0 Å². The van der Waals surface area contributed by atoms with Crippen LogP contribution in [0.4, 0.5) is 13.2 Å². The molecule has 88 valence electrons. The van der Waals surface area contributed by atoms with Crippen molar-refractivity contribution < 1.29 is 27.8 Å². The van der Waals surface area contributed by atoms with Crippen molar-refractivity contribution in [2.45, 2.75) is 12.5 Å². The van der Waals surface area contributed by atoms with Gasteiger partial charge in [0.1, 0.15) is 0 Å². The average molecular weight is 255 g/mol. The fourth-order valence-electron chi connectivity index (χ4n) is 1.09. The van der Waals surface area contributed by atoms with Crippen LogP contribution < -0.4 is 4.74 Å². The van der Waals surface area contributed by atoms with Crippen molar-refractivity contribution in [2.24, 2.45) is 0 Å². The highest BCUT2D eigenvalue weighted by Crippen LogP contribution is 2.25. The van der Waals surface area contributed by atoms with Gasteiger partial charge in [-0.3, -0.25) is 0 Å². The van der Waals surface area contributed by atoms with Gasteiger partial charge in [0.05, 0.1) is 5.56 Å². The number of carboxylic acid groups (broad SMARTS) is 1. The van der Waals surface area contributed by atoms with Gasteiger partial charge in [-0.25, -0.2) is 9.18 Å². The van der Waals surface area contributed by atoms with E-state index in [1.54, 1.807) is 0 Å². The lowest BCUT2D eigenvalue weighted by atomic mass is 10.1. The van der Waals surface area contributed by atoms with Crippen LogP contribution in [0.1, 0.15) is 15.9 Å². The number of hydrogen-bond donors (Lipinski definition) is 1. The molecule has 0 aliphatic carbocycles. The number of hydrogen-bond acceptors (Lipinski definition) is 2. The lowest BCUT2D eigenvalue weighted by Gasteiger charge is -2.09. The first-order chi connectivity index (χ1) is 7.45. The van der Waals surface area contributed by atoms with Crippen molar-refractivity contribution in [3.8, 4) is 5.75 Å². The number of halogens is 4. The van der Waals surface area contributed by atoms with E-state index in [4.69, 9.17) is 16.7 Å². The smallest absolute Gasteiger partial charge is 0.387 e. The quantitative estimate of drug-likeness (QED) is 0.841. The summed E-state index contributed by atoms with van der Waals surface area (Å²) >= 11 is 5.39. The monoisotopic (exact) mass is 254 g/mol. The predicted molar refractivity (Wildman–Crippen MR) is 49.5 cm³/mol. The van der Waals surface area contributed by atoms with E-state index in [0.717, 1.165) is 6.07 Å². The summed E-state index contributed by atoms with van der Waals surface area (Å²) in [5, 5.41) is 8.72. The molecule has 0 aromatic heterocycles. The van der Waals surface area contributed by atoms with Gasteiger partial charge in [-0.05, 0) is 17.7 Å². The van der Waals surface area contributed by atoms with Crippen molar-refractivity contribution in [1.82, 2.24) is 0 Å². The van der Waals surface area contributed by atoms with Gasteiger partial charge in [-0.1, -0.05) is 0 Å². The third-order valence-electron chi connectivity index (χ3n) is 1.75. The van der Waals surface area contributed by atoms with Gasteiger partial charge in [0, 0.05) is 5.88 Å². The van der Waals surface area contributed by atoms with Crippen LogP contribution in [0.15, 0.2) is 12.1 Å². The van der Waals surface area contributed by atoms with Crippen LogP contribution in [0.2, 0.25) is 0 Å². The molecule has 3 nitrogen and oxygen atoms in total. The zero-order valence-corrected chi connectivity index (χ0v) is 8.47. The number of carbonyl (C=O) groups is 1. The lowest BCUT2D eigenvalue weighted by molar-refractivity contribution is -0.0522. The Morgan fingerprint density at radius 1 is 1.50 bits per heavy atom. The Morgan fingerprint density at radius 2 is 2.12 bits per heavy atom. The standard InChI is InChI=1S/C9H6ClF3O3/c10-3-4-1-6(11)7(16-9(12)13)2-5(4)8(14)15/h1-2,9H,3H2,(H,14,15). The third kappa shape index (κ3) is 2.79. The number of benzene rings is 1. The summed E-state index contributed by atoms with van der Waals surface area (Å²) in [7, 11) is 0. The number of rotatable bonds is 4. The topological polar surface area (TPSA) is 46.5 Å². The molecule has 7 heteroatoms. The van der Waals surface area contributed by atoms with Crippen molar-refractivity contribution in [2.75, 3.05) is 0 Å². The predicted octanol–water partition coefficient (Wildman–Crippen LogP) is 2.86. The summed E-state index contributed by atoms with van der Waals surface area (Å²) in [6.07, 6.45) is 0. The van der Waals surface area contributed by atoms with Crippen molar-refractivity contribution in [1.29, 1.82) is 0 Å². The molecule has 0 aliphatic heterocycles. The molecule has 0 atom stereocenters. The van der Waals surface area contributed by atoms with Crippen LogP contribution in [0.5, 0.6) is 5.75 Å². The molecule has 0 bridgehead atoms. The van der Waals surface area contributed by atoms with E-state index in [1.807, 2.05) is 0 Å². The summed E-state index contributed by atoms with van der Waals surface area (Å²) in [4.78, 5) is 10.7. The molecule has 1 N–H and O–H groups in total. The van der Waals surface area contributed by atoms with Crippen LogP contribution in [-0.4, -0.2) is 17.7 Å². The zero-order valence-electron chi connectivity index (χ0n) is 7.71. The van der Waals surface area contributed by atoms with Gasteiger partial charge in [-0.15, -0.1) is 11.6 Å². The molecule has 1 rings (SSSR count).